The zero-order valence-corrected chi connectivity index (χ0v) is 13.9. The van der Waals surface area contributed by atoms with Crippen LogP contribution in [0.2, 0.25) is 0 Å². The van der Waals surface area contributed by atoms with Crippen LogP contribution in [0, 0.1) is 5.82 Å². The maximum Gasteiger partial charge on any atom is 0.212 e. The molecule has 2 aromatic rings. The number of hydrogen-bond acceptors (Lipinski definition) is 6. The molecule has 2 rings (SSSR count). The number of benzene rings is 1. The molecule has 0 spiro atoms. The number of aromatic nitrogens is 2. The van der Waals surface area contributed by atoms with Crippen LogP contribution in [0.25, 0.3) is 0 Å². The smallest absolute Gasteiger partial charge is 0.212 e. The number of rotatable bonds is 7. The summed E-state index contributed by atoms with van der Waals surface area (Å²) < 4.78 is 36.5. The molecule has 0 aliphatic heterocycles. The Kier molecular flexibility index (Phi) is 5.62. The van der Waals surface area contributed by atoms with E-state index in [0.717, 1.165) is 0 Å². The third-order valence-electron chi connectivity index (χ3n) is 3.42. The van der Waals surface area contributed by atoms with Crippen LogP contribution >= 0.6 is 0 Å². The molecule has 1 aromatic carbocycles. The molecule has 0 amide bonds. The highest BCUT2D eigenvalue weighted by Gasteiger charge is 2.24. The van der Waals surface area contributed by atoms with Crippen LogP contribution in [0.4, 0.5) is 21.6 Å². The second kappa shape index (κ2) is 7.49. The van der Waals surface area contributed by atoms with Crippen LogP contribution in [0.5, 0.6) is 0 Å². The molecule has 8 nitrogen and oxygen atoms in total. The maximum absolute atomic E-state index is 13.2. The molecule has 0 radical (unpaired) electrons. The Bertz CT molecular complexity index is 834. The standard InChI is InChI=1S/C14H19FN6O2S/c1-2-4-11(24(17,22)23)8-12-13(14(16)21-19-12)20-18-10-6-3-5-9(15)7-10/h3,5-7,11H,2,4,8H2,1H3,(H3,16,19,21)(H2,17,22,23). The van der Waals surface area contributed by atoms with Gasteiger partial charge in [-0.25, -0.2) is 17.9 Å². The fourth-order valence-electron chi connectivity index (χ4n) is 2.22. The van der Waals surface area contributed by atoms with Crippen molar-refractivity contribution in [1.82, 2.24) is 10.2 Å². The molecule has 130 valence electrons. The average Bonchev–Trinajstić information content (AvgIpc) is 2.84. The SMILES string of the molecule is CCCC(Cc1[nH]nc(N)c1N=Nc1cccc(F)c1)S(N)(=O)=O. The summed E-state index contributed by atoms with van der Waals surface area (Å²) in [5, 5.41) is 18.9. The first-order valence-electron chi connectivity index (χ1n) is 7.33. The molecule has 0 aliphatic rings. The van der Waals surface area contributed by atoms with Crippen molar-refractivity contribution in [2.75, 3.05) is 5.73 Å². The Balaban J connectivity index is 2.28. The predicted molar refractivity (Wildman–Crippen MR) is 89.1 cm³/mol. The van der Waals surface area contributed by atoms with Crippen molar-refractivity contribution in [2.24, 2.45) is 15.4 Å². The molecule has 0 fully saturated rings. The molecule has 0 saturated heterocycles. The largest absolute Gasteiger partial charge is 0.380 e. The molecule has 1 aromatic heterocycles. The molecule has 0 bridgehead atoms. The number of azo groups is 1. The van der Waals surface area contributed by atoms with Crippen molar-refractivity contribution in [3.8, 4) is 0 Å². The molecule has 1 atom stereocenters. The van der Waals surface area contributed by atoms with Crippen molar-refractivity contribution in [3.63, 3.8) is 0 Å². The monoisotopic (exact) mass is 354 g/mol. The highest BCUT2D eigenvalue weighted by molar-refractivity contribution is 7.89. The molecule has 0 saturated carbocycles. The van der Waals surface area contributed by atoms with Crippen LogP contribution in [0.1, 0.15) is 25.5 Å². The molecular weight excluding hydrogens is 335 g/mol. The first kappa shape index (κ1) is 18.0. The van der Waals surface area contributed by atoms with Crippen molar-refractivity contribution in [2.45, 2.75) is 31.4 Å². The maximum atomic E-state index is 13.2. The zero-order chi connectivity index (χ0) is 17.7. The predicted octanol–water partition coefficient (Wildman–Crippen LogP) is 2.55. The summed E-state index contributed by atoms with van der Waals surface area (Å²) in [5.41, 5.74) is 6.69. The molecule has 5 N–H and O–H groups in total. The Hall–Kier alpha value is -2.33. The number of primary sulfonamides is 1. The van der Waals surface area contributed by atoms with Gasteiger partial charge < -0.3 is 5.73 Å². The van der Waals surface area contributed by atoms with E-state index in [1.165, 1.54) is 18.2 Å². The van der Waals surface area contributed by atoms with E-state index in [1.807, 2.05) is 6.92 Å². The highest BCUT2D eigenvalue weighted by atomic mass is 32.2. The lowest BCUT2D eigenvalue weighted by Gasteiger charge is -2.12. The van der Waals surface area contributed by atoms with Gasteiger partial charge in [0.25, 0.3) is 0 Å². The van der Waals surface area contributed by atoms with Gasteiger partial charge in [0, 0.05) is 12.5 Å². The number of hydrogen-bond donors (Lipinski definition) is 3. The van der Waals surface area contributed by atoms with Crippen LogP contribution in [-0.4, -0.2) is 23.9 Å². The molecule has 24 heavy (non-hydrogen) atoms. The number of nitrogens with two attached hydrogens (primary N) is 2. The van der Waals surface area contributed by atoms with Gasteiger partial charge in [0.2, 0.25) is 10.0 Å². The van der Waals surface area contributed by atoms with Crippen LogP contribution < -0.4 is 10.9 Å². The average molecular weight is 354 g/mol. The summed E-state index contributed by atoms with van der Waals surface area (Å²) in [4.78, 5) is 0. The lowest BCUT2D eigenvalue weighted by molar-refractivity contribution is 0.567. The summed E-state index contributed by atoms with van der Waals surface area (Å²) in [6.45, 7) is 1.87. The summed E-state index contributed by atoms with van der Waals surface area (Å²) in [6.07, 6.45) is 1.15. The van der Waals surface area contributed by atoms with Gasteiger partial charge in [-0.05, 0) is 18.6 Å². The van der Waals surface area contributed by atoms with E-state index in [4.69, 9.17) is 10.9 Å². The minimum absolute atomic E-state index is 0.0785. The number of nitrogen functional groups attached to an aromatic ring is 1. The third kappa shape index (κ3) is 4.59. The van der Waals surface area contributed by atoms with E-state index in [9.17, 15) is 12.8 Å². The summed E-state index contributed by atoms with van der Waals surface area (Å²) >= 11 is 0. The molecule has 10 heteroatoms. The number of nitrogens with one attached hydrogen (secondary N) is 1. The van der Waals surface area contributed by atoms with E-state index in [2.05, 4.69) is 20.4 Å². The second-order valence-corrected chi connectivity index (χ2v) is 7.16. The first-order chi connectivity index (χ1) is 11.3. The minimum atomic E-state index is -3.72. The van der Waals surface area contributed by atoms with E-state index in [1.54, 1.807) is 6.07 Å². The van der Waals surface area contributed by atoms with Crippen molar-refractivity contribution in [1.29, 1.82) is 0 Å². The van der Waals surface area contributed by atoms with Crippen molar-refractivity contribution in [3.05, 3.63) is 35.8 Å². The first-order valence-corrected chi connectivity index (χ1v) is 8.93. The Morgan fingerprint density at radius 1 is 1.38 bits per heavy atom. The van der Waals surface area contributed by atoms with Crippen molar-refractivity contribution < 1.29 is 12.8 Å². The Labute approximate surface area is 139 Å². The Morgan fingerprint density at radius 3 is 2.75 bits per heavy atom. The van der Waals surface area contributed by atoms with Crippen LogP contribution in [-0.2, 0) is 16.4 Å². The van der Waals surface area contributed by atoms with Gasteiger partial charge >= 0.3 is 0 Å². The number of aromatic amines is 1. The molecule has 0 aliphatic carbocycles. The quantitative estimate of drug-likeness (QED) is 0.657. The molecule has 1 heterocycles. The van der Waals surface area contributed by atoms with E-state index >= 15 is 0 Å². The van der Waals surface area contributed by atoms with Gasteiger partial charge in [-0.2, -0.15) is 10.2 Å². The normalized spacial score (nSPS) is 13.5. The van der Waals surface area contributed by atoms with E-state index in [0.29, 0.717) is 24.2 Å². The van der Waals surface area contributed by atoms with Gasteiger partial charge in [0.1, 0.15) is 5.82 Å². The van der Waals surface area contributed by atoms with E-state index in [-0.39, 0.29) is 17.9 Å². The summed E-state index contributed by atoms with van der Waals surface area (Å²) in [7, 11) is -3.72. The highest BCUT2D eigenvalue weighted by Crippen LogP contribution is 2.29. The minimum Gasteiger partial charge on any atom is -0.380 e. The number of halogens is 1. The van der Waals surface area contributed by atoms with Gasteiger partial charge in [-0.15, -0.1) is 5.11 Å². The van der Waals surface area contributed by atoms with E-state index < -0.39 is 21.1 Å². The van der Waals surface area contributed by atoms with Crippen LogP contribution in [0.15, 0.2) is 34.5 Å². The van der Waals surface area contributed by atoms with Gasteiger partial charge in [-0.1, -0.05) is 19.4 Å². The third-order valence-corrected chi connectivity index (χ3v) is 4.75. The second-order valence-electron chi connectivity index (χ2n) is 5.32. The van der Waals surface area contributed by atoms with Gasteiger partial charge in [-0.3, -0.25) is 5.10 Å². The number of anilines is 1. The summed E-state index contributed by atoms with van der Waals surface area (Å²) in [5.74, 6) is -0.362. The lowest BCUT2D eigenvalue weighted by atomic mass is 10.1. The number of sulfonamides is 1. The number of nitrogens with zero attached hydrogens (tertiary/aromatic N) is 3. The lowest BCUT2D eigenvalue weighted by Crippen LogP contribution is -2.30. The van der Waals surface area contributed by atoms with Gasteiger partial charge in [0.15, 0.2) is 11.5 Å². The topological polar surface area (TPSA) is 140 Å². The molecular formula is C14H19FN6O2S. The van der Waals surface area contributed by atoms with Crippen LogP contribution in [0.3, 0.4) is 0 Å². The van der Waals surface area contributed by atoms with Gasteiger partial charge in [0.05, 0.1) is 16.6 Å². The summed E-state index contributed by atoms with van der Waals surface area (Å²) in [6, 6.07) is 5.58. The fraction of sp³-hybridized carbons (Fsp3) is 0.357. The van der Waals surface area contributed by atoms with Crippen molar-refractivity contribution >= 4 is 27.2 Å². The number of H-pyrrole nitrogens is 1. The fourth-order valence-corrected chi connectivity index (χ4v) is 3.18. The zero-order valence-electron chi connectivity index (χ0n) is 13.1. The molecule has 1 unspecified atom stereocenters. The Morgan fingerprint density at radius 2 is 2.12 bits per heavy atom.